The van der Waals surface area contributed by atoms with E-state index in [4.69, 9.17) is 0 Å². The molecule has 0 atom stereocenters. The molecular weight excluding hydrogens is 300 g/mol. The van der Waals surface area contributed by atoms with Gasteiger partial charge in [-0.1, -0.05) is 28.1 Å². The van der Waals surface area contributed by atoms with Gasteiger partial charge in [0.1, 0.15) is 11.6 Å². The topological polar surface area (TPSA) is 0 Å². The Balaban J connectivity index is 2.73. The zero-order chi connectivity index (χ0) is 12.6. The quantitative estimate of drug-likeness (QED) is 0.672. The van der Waals surface area contributed by atoms with Crippen LogP contribution >= 0.6 is 15.9 Å². The average molecular weight is 305 g/mol. The number of hydrogen-bond acceptors (Lipinski definition) is 0. The highest BCUT2D eigenvalue weighted by Crippen LogP contribution is 2.31. The highest BCUT2D eigenvalue weighted by molar-refractivity contribution is 9.10. The lowest BCUT2D eigenvalue weighted by atomic mass is 10.0. The van der Waals surface area contributed by atoms with Crippen molar-refractivity contribution in [1.82, 2.24) is 0 Å². The van der Waals surface area contributed by atoms with Gasteiger partial charge in [0.25, 0.3) is 0 Å². The van der Waals surface area contributed by atoms with Crippen molar-refractivity contribution in [3.05, 3.63) is 58.1 Å². The molecule has 0 aliphatic rings. The Morgan fingerprint density at radius 2 is 1.41 bits per heavy atom. The van der Waals surface area contributed by atoms with Gasteiger partial charge in [-0.2, -0.15) is 0 Å². The Kier molecular flexibility index (Phi) is 3.19. The summed E-state index contributed by atoms with van der Waals surface area (Å²) in [5.74, 6) is -4.33. The zero-order valence-corrected chi connectivity index (χ0v) is 9.86. The molecule has 0 fully saturated rings. The van der Waals surface area contributed by atoms with Crippen molar-refractivity contribution in [1.29, 1.82) is 0 Å². The number of halogens is 5. The summed E-state index contributed by atoms with van der Waals surface area (Å²) in [6, 6.07) is 5.17. The van der Waals surface area contributed by atoms with Crippen LogP contribution in [0.3, 0.4) is 0 Å². The second-order valence-electron chi connectivity index (χ2n) is 3.35. The van der Waals surface area contributed by atoms with E-state index < -0.39 is 34.4 Å². The lowest BCUT2D eigenvalue weighted by molar-refractivity contribution is 0.508. The minimum Gasteiger partial charge on any atom is -0.206 e. The van der Waals surface area contributed by atoms with Crippen molar-refractivity contribution in [3.63, 3.8) is 0 Å². The summed E-state index contributed by atoms with van der Waals surface area (Å²) in [5.41, 5.74) is -1.02. The molecule has 0 saturated carbocycles. The van der Waals surface area contributed by atoms with Crippen LogP contribution in [0.4, 0.5) is 17.6 Å². The van der Waals surface area contributed by atoms with E-state index in [0.29, 0.717) is 0 Å². The van der Waals surface area contributed by atoms with Crippen LogP contribution < -0.4 is 0 Å². The predicted octanol–water partition coefficient (Wildman–Crippen LogP) is 4.67. The van der Waals surface area contributed by atoms with Crippen LogP contribution in [-0.2, 0) is 0 Å². The Labute approximate surface area is 103 Å². The van der Waals surface area contributed by atoms with Crippen molar-refractivity contribution < 1.29 is 17.6 Å². The Hall–Kier alpha value is -1.36. The molecule has 0 spiro atoms. The van der Waals surface area contributed by atoms with Crippen molar-refractivity contribution in [2.75, 3.05) is 0 Å². The van der Waals surface area contributed by atoms with Gasteiger partial charge in [-0.25, -0.2) is 17.6 Å². The van der Waals surface area contributed by atoms with E-state index >= 15 is 0 Å². The summed E-state index contributed by atoms with van der Waals surface area (Å²) in [4.78, 5) is 0. The number of hydrogen-bond donors (Lipinski definition) is 0. The lowest BCUT2D eigenvalue weighted by Crippen LogP contribution is -1.95. The average Bonchev–Trinajstić information content (AvgIpc) is 2.23. The normalized spacial score (nSPS) is 10.6. The fourth-order valence-electron chi connectivity index (χ4n) is 1.50. The molecule has 0 heterocycles. The molecule has 0 radical (unpaired) electrons. The van der Waals surface area contributed by atoms with Gasteiger partial charge >= 0.3 is 0 Å². The molecule has 0 saturated heterocycles. The molecule has 0 aliphatic heterocycles. The van der Waals surface area contributed by atoms with Crippen LogP contribution in [0.5, 0.6) is 0 Å². The molecule has 2 rings (SSSR count). The fourth-order valence-corrected chi connectivity index (χ4v) is 1.90. The van der Waals surface area contributed by atoms with Gasteiger partial charge in [-0.15, -0.1) is 0 Å². The van der Waals surface area contributed by atoms with Gasteiger partial charge in [-0.3, -0.25) is 0 Å². The van der Waals surface area contributed by atoms with Crippen LogP contribution in [0.15, 0.2) is 34.8 Å². The molecule has 88 valence electrons. The van der Waals surface area contributed by atoms with Gasteiger partial charge in [-0.05, 0) is 18.2 Å². The molecule has 17 heavy (non-hydrogen) atoms. The molecular formula is C12H5BrF4. The van der Waals surface area contributed by atoms with E-state index in [1.807, 2.05) is 0 Å². The third-order valence-corrected chi connectivity index (χ3v) is 2.69. The molecule has 5 heteroatoms. The van der Waals surface area contributed by atoms with E-state index in [-0.39, 0.29) is 4.47 Å². The summed E-state index contributed by atoms with van der Waals surface area (Å²) in [6.45, 7) is 0. The minimum absolute atomic E-state index is 0.188. The molecule has 0 aromatic heterocycles. The molecule has 0 amide bonds. The van der Waals surface area contributed by atoms with E-state index in [1.165, 1.54) is 6.07 Å². The Morgan fingerprint density at radius 1 is 0.824 bits per heavy atom. The molecule has 0 aliphatic carbocycles. The van der Waals surface area contributed by atoms with Crippen molar-refractivity contribution in [3.8, 4) is 11.1 Å². The largest absolute Gasteiger partial charge is 0.206 e. The zero-order valence-electron chi connectivity index (χ0n) is 8.28. The first kappa shape index (κ1) is 12.1. The number of rotatable bonds is 1. The first-order valence-electron chi connectivity index (χ1n) is 4.59. The standard InChI is InChI=1S/C12H5BrF4/c13-6-4-9(15)11(10(16)5-6)7-2-1-3-8(14)12(7)17/h1-5H. The molecule has 0 N–H and O–H groups in total. The third-order valence-electron chi connectivity index (χ3n) is 2.23. The maximum atomic E-state index is 13.5. The summed E-state index contributed by atoms with van der Waals surface area (Å²) >= 11 is 2.90. The van der Waals surface area contributed by atoms with Gasteiger partial charge in [0.2, 0.25) is 0 Å². The summed E-state index contributed by atoms with van der Waals surface area (Å²) < 4.78 is 53.7. The van der Waals surface area contributed by atoms with Crippen molar-refractivity contribution >= 4 is 15.9 Å². The third kappa shape index (κ3) is 2.20. The van der Waals surface area contributed by atoms with Crippen LogP contribution in [0.1, 0.15) is 0 Å². The van der Waals surface area contributed by atoms with E-state index in [1.54, 1.807) is 0 Å². The van der Waals surface area contributed by atoms with Gasteiger partial charge in [0, 0.05) is 10.0 Å². The highest BCUT2D eigenvalue weighted by Gasteiger charge is 2.18. The second kappa shape index (κ2) is 4.49. The summed E-state index contributed by atoms with van der Waals surface area (Å²) in [6.07, 6.45) is 0. The maximum absolute atomic E-state index is 13.5. The Morgan fingerprint density at radius 3 is 2.00 bits per heavy atom. The van der Waals surface area contributed by atoms with Gasteiger partial charge < -0.3 is 0 Å². The van der Waals surface area contributed by atoms with Gasteiger partial charge in [0.15, 0.2) is 11.6 Å². The predicted molar refractivity (Wildman–Crippen MR) is 59.4 cm³/mol. The number of benzene rings is 2. The molecule has 2 aromatic carbocycles. The van der Waals surface area contributed by atoms with E-state index in [0.717, 1.165) is 24.3 Å². The summed E-state index contributed by atoms with van der Waals surface area (Å²) in [5, 5.41) is 0. The second-order valence-corrected chi connectivity index (χ2v) is 4.26. The van der Waals surface area contributed by atoms with E-state index in [9.17, 15) is 17.6 Å². The van der Waals surface area contributed by atoms with Crippen LogP contribution in [-0.4, -0.2) is 0 Å². The maximum Gasteiger partial charge on any atom is 0.166 e. The minimum atomic E-state index is -1.27. The van der Waals surface area contributed by atoms with Crippen LogP contribution in [0.25, 0.3) is 11.1 Å². The van der Waals surface area contributed by atoms with E-state index in [2.05, 4.69) is 15.9 Å². The SMILES string of the molecule is Fc1cccc(-c2c(F)cc(Br)cc2F)c1F. The molecule has 0 unspecified atom stereocenters. The molecule has 0 nitrogen and oxygen atoms in total. The molecule has 2 aromatic rings. The monoisotopic (exact) mass is 304 g/mol. The lowest BCUT2D eigenvalue weighted by Gasteiger charge is -2.07. The Bertz CT molecular complexity index is 558. The smallest absolute Gasteiger partial charge is 0.166 e. The first-order chi connectivity index (χ1) is 8.00. The summed E-state index contributed by atoms with van der Waals surface area (Å²) in [7, 11) is 0. The van der Waals surface area contributed by atoms with Gasteiger partial charge in [0.05, 0.1) is 5.56 Å². The van der Waals surface area contributed by atoms with Crippen molar-refractivity contribution in [2.24, 2.45) is 0 Å². The first-order valence-corrected chi connectivity index (χ1v) is 5.39. The van der Waals surface area contributed by atoms with Crippen LogP contribution in [0.2, 0.25) is 0 Å². The van der Waals surface area contributed by atoms with Crippen LogP contribution in [0, 0.1) is 23.3 Å². The van der Waals surface area contributed by atoms with Crippen molar-refractivity contribution in [2.45, 2.75) is 0 Å². The molecule has 0 bridgehead atoms. The fraction of sp³-hybridized carbons (Fsp3) is 0. The highest BCUT2D eigenvalue weighted by atomic mass is 79.9.